The highest BCUT2D eigenvalue weighted by molar-refractivity contribution is 7.13. The number of aromatic nitrogens is 5. The highest BCUT2D eigenvalue weighted by Crippen LogP contribution is 2.28. The van der Waals surface area contributed by atoms with Crippen LogP contribution < -0.4 is 5.73 Å². The molecule has 0 saturated heterocycles. The van der Waals surface area contributed by atoms with Crippen molar-refractivity contribution in [3.05, 3.63) is 47.3 Å². The minimum atomic E-state index is 0.254. The fourth-order valence-electron chi connectivity index (χ4n) is 2.22. The second kappa shape index (κ2) is 5.33. The van der Waals surface area contributed by atoms with Crippen LogP contribution in [0.3, 0.4) is 0 Å². The summed E-state index contributed by atoms with van der Waals surface area (Å²) in [5.74, 6) is 1.13. The maximum atomic E-state index is 6.16. The van der Waals surface area contributed by atoms with Gasteiger partial charge in [0.05, 0.1) is 10.6 Å². The fraction of sp³-hybridized carbons (Fsp3) is 0.0667. The lowest BCUT2D eigenvalue weighted by Gasteiger charge is -2.03. The normalized spacial score (nSPS) is 11.0. The van der Waals surface area contributed by atoms with Crippen molar-refractivity contribution in [1.29, 1.82) is 0 Å². The van der Waals surface area contributed by atoms with Gasteiger partial charge in [0.15, 0.2) is 11.5 Å². The molecule has 23 heavy (non-hydrogen) atoms. The average molecular weight is 324 g/mol. The summed E-state index contributed by atoms with van der Waals surface area (Å²) in [6.07, 6.45) is 0. The van der Waals surface area contributed by atoms with Gasteiger partial charge in [0.25, 0.3) is 5.89 Å². The first-order valence-corrected chi connectivity index (χ1v) is 7.76. The topological polar surface area (TPSA) is 95.6 Å². The van der Waals surface area contributed by atoms with Gasteiger partial charge in [0.2, 0.25) is 5.82 Å². The summed E-state index contributed by atoms with van der Waals surface area (Å²) >= 11 is 1.53. The van der Waals surface area contributed by atoms with Crippen LogP contribution in [-0.2, 0) is 0 Å². The van der Waals surface area contributed by atoms with Gasteiger partial charge in [-0.1, -0.05) is 28.6 Å². The van der Waals surface area contributed by atoms with Gasteiger partial charge in [0.1, 0.15) is 0 Å². The monoisotopic (exact) mass is 324 g/mol. The van der Waals surface area contributed by atoms with E-state index in [9.17, 15) is 0 Å². The van der Waals surface area contributed by atoms with Gasteiger partial charge in [-0.2, -0.15) is 9.67 Å². The molecule has 0 atom stereocenters. The van der Waals surface area contributed by atoms with E-state index in [1.807, 2.05) is 48.7 Å². The number of nitrogens with two attached hydrogens (primary N) is 1. The Morgan fingerprint density at radius 2 is 2.13 bits per heavy atom. The molecule has 4 rings (SSSR count). The average Bonchev–Trinajstić information content (AvgIpc) is 3.27. The lowest BCUT2D eigenvalue weighted by Crippen LogP contribution is -2.02. The van der Waals surface area contributed by atoms with Crippen LogP contribution in [0.2, 0.25) is 0 Å². The maximum absolute atomic E-state index is 6.16. The molecule has 0 aliphatic rings. The standard InChI is InChI=1S/C15H12N6OS/c1-9-4-2-5-10(8-9)21-13(16)12(18-20-21)15-17-14(19-22-15)11-6-3-7-23-11/h2-8H,16H2,1H3. The van der Waals surface area contributed by atoms with Crippen molar-refractivity contribution >= 4 is 17.2 Å². The Kier molecular flexibility index (Phi) is 3.16. The summed E-state index contributed by atoms with van der Waals surface area (Å²) < 4.78 is 6.83. The largest absolute Gasteiger partial charge is 0.382 e. The van der Waals surface area contributed by atoms with Gasteiger partial charge in [-0.05, 0) is 36.1 Å². The van der Waals surface area contributed by atoms with Crippen molar-refractivity contribution in [2.24, 2.45) is 0 Å². The summed E-state index contributed by atoms with van der Waals surface area (Å²) in [4.78, 5) is 5.27. The minimum absolute atomic E-state index is 0.254. The highest BCUT2D eigenvalue weighted by Gasteiger charge is 2.20. The van der Waals surface area contributed by atoms with Crippen LogP contribution in [0.5, 0.6) is 0 Å². The quantitative estimate of drug-likeness (QED) is 0.622. The Hall–Kier alpha value is -3.00. The van der Waals surface area contributed by atoms with Crippen molar-refractivity contribution in [1.82, 2.24) is 25.1 Å². The number of hydrogen-bond donors (Lipinski definition) is 1. The molecule has 0 bridgehead atoms. The summed E-state index contributed by atoms with van der Waals surface area (Å²) in [5.41, 5.74) is 8.48. The number of benzene rings is 1. The molecule has 4 aromatic rings. The van der Waals surface area contributed by atoms with Gasteiger partial charge < -0.3 is 10.3 Å². The third kappa shape index (κ3) is 2.38. The molecule has 3 heterocycles. The molecular weight excluding hydrogens is 312 g/mol. The third-order valence-electron chi connectivity index (χ3n) is 3.32. The van der Waals surface area contributed by atoms with Gasteiger partial charge >= 0.3 is 0 Å². The van der Waals surface area contributed by atoms with Gasteiger partial charge in [0, 0.05) is 0 Å². The molecule has 0 saturated carbocycles. The maximum Gasteiger partial charge on any atom is 0.282 e. The predicted octanol–water partition coefficient (Wildman–Crippen LogP) is 2.94. The molecule has 0 spiro atoms. The molecule has 0 aliphatic carbocycles. The van der Waals surface area contributed by atoms with Crippen LogP contribution >= 0.6 is 11.3 Å². The van der Waals surface area contributed by atoms with Gasteiger partial charge in [-0.3, -0.25) is 0 Å². The molecule has 7 nitrogen and oxygen atoms in total. The first kappa shape index (κ1) is 13.6. The van der Waals surface area contributed by atoms with Crippen LogP contribution in [0.1, 0.15) is 5.56 Å². The molecule has 2 N–H and O–H groups in total. The van der Waals surface area contributed by atoms with Gasteiger partial charge in [-0.15, -0.1) is 16.4 Å². The number of aryl methyl sites for hydroxylation is 1. The Morgan fingerprint density at radius 1 is 1.22 bits per heavy atom. The van der Waals surface area contributed by atoms with Crippen molar-refractivity contribution in [2.75, 3.05) is 5.73 Å². The third-order valence-corrected chi connectivity index (χ3v) is 4.19. The van der Waals surface area contributed by atoms with Crippen LogP contribution in [-0.4, -0.2) is 25.1 Å². The molecule has 8 heteroatoms. The zero-order valence-electron chi connectivity index (χ0n) is 12.2. The lowest BCUT2D eigenvalue weighted by atomic mass is 10.2. The van der Waals surface area contributed by atoms with Crippen LogP contribution in [0, 0.1) is 6.92 Å². The number of thiophene rings is 1. The van der Waals surface area contributed by atoms with Crippen LogP contribution in [0.15, 0.2) is 46.3 Å². The van der Waals surface area contributed by atoms with E-state index in [0.717, 1.165) is 16.1 Å². The number of nitrogens with zero attached hydrogens (tertiary/aromatic N) is 5. The van der Waals surface area contributed by atoms with E-state index in [1.165, 1.54) is 11.3 Å². The van der Waals surface area contributed by atoms with Crippen molar-refractivity contribution < 1.29 is 4.52 Å². The highest BCUT2D eigenvalue weighted by atomic mass is 32.1. The van der Waals surface area contributed by atoms with E-state index in [-0.39, 0.29) is 5.89 Å². The zero-order chi connectivity index (χ0) is 15.8. The van der Waals surface area contributed by atoms with Gasteiger partial charge in [-0.25, -0.2) is 0 Å². The number of rotatable bonds is 3. The number of nitrogen functional groups attached to an aromatic ring is 1. The lowest BCUT2D eigenvalue weighted by molar-refractivity contribution is 0.431. The van der Waals surface area contributed by atoms with Crippen molar-refractivity contribution in [3.63, 3.8) is 0 Å². The van der Waals surface area contributed by atoms with E-state index in [2.05, 4.69) is 20.5 Å². The second-order valence-electron chi connectivity index (χ2n) is 4.97. The summed E-state index contributed by atoms with van der Waals surface area (Å²) in [6, 6.07) is 11.7. The summed E-state index contributed by atoms with van der Waals surface area (Å²) in [5, 5.41) is 14.1. The molecule has 3 aromatic heterocycles. The second-order valence-corrected chi connectivity index (χ2v) is 5.92. The van der Waals surface area contributed by atoms with E-state index >= 15 is 0 Å². The van der Waals surface area contributed by atoms with Crippen molar-refractivity contribution in [2.45, 2.75) is 6.92 Å². The molecule has 1 aromatic carbocycles. The Bertz CT molecular complexity index is 956. The van der Waals surface area contributed by atoms with E-state index < -0.39 is 0 Å². The molecule has 0 fully saturated rings. The van der Waals surface area contributed by atoms with Crippen molar-refractivity contribution in [3.8, 4) is 28.0 Å². The molecular formula is C15H12N6OS. The molecule has 0 radical (unpaired) electrons. The smallest absolute Gasteiger partial charge is 0.282 e. The van der Waals surface area contributed by atoms with E-state index in [0.29, 0.717) is 17.3 Å². The molecule has 114 valence electrons. The minimum Gasteiger partial charge on any atom is -0.382 e. The van der Waals surface area contributed by atoms with E-state index in [4.69, 9.17) is 10.3 Å². The fourth-order valence-corrected chi connectivity index (χ4v) is 2.87. The first-order valence-electron chi connectivity index (χ1n) is 6.88. The van der Waals surface area contributed by atoms with Crippen LogP contribution in [0.4, 0.5) is 5.82 Å². The molecule has 0 aliphatic heterocycles. The Balaban J connectivity index is 1.74. The number of hydrogen-bond acceptors (Lipinski definition) is 7. The molecule has 0 unspecified atom stereocenters. The first-order chi connectivity index (χ1) is 11.2. The van der Waals surface area contributed by atoms with E-state index in [1.54, 1.807) is 4.68 Å². The van der Waals surface area contributed by atoms with Crippen LogP contribution in [0.25, 0.3) is 28.0 Å². The SMILES string of the molecule is Cc1cccc(-n2nnc(-c3nc(-c4cccs4)no3)c2N)c1. The Labute approximate surface area is 135 Å². The molecule has 0 amide bonds. The number of anilines is 1. The predicted molar refractivity (Wildman–Crippen MR) is 87.1 cm³/mol. The summed E-state index contributed by atoms with van der Waals surface area (Å²) in [7, 11) is 0. The Morgan fingerprint density at radius 3 is 2.91 bits per heavy atom. The summed E-state index contributed by atoms with van der Waals surface area (Å²) in [6.45, 7) is 2.00. The zero-order valence-corrected chi connectivity index (χ0v) is 13.0.